The maximum absolute atomic E-state index is 8.99. The molecule has 4 N–H and O–H groups in total. The highest BCUT2D eigenvalue weighted by Crippen LogP contribution is 2.19. The summed E-state index contributed by atoms with van der Waals surface area (Å²) >= 11 is 0. The lowest BCUT2D eigenvalue weighted by Crippen LogP contribution is -2.73. The quantitative estimate of drug-likeness (QED) is 0.659. The van der Waals surface area contributed by atoms with Gasteiger partial charge in [0.2, 0.25) is 5.69 Å². The van der Waals surface area contributed by atoms with Gasteiger partial charge < -0.3 is 5.32 Å². The number of quaternary nitrogens is 1. The fourth-order valence-electron chi connectivity index (χ4n) is 1.30. The fraction of sp³-hybridized carbons (Fsp3) is 0. The molecule has 1 heterocycles. The first-order chi connectivity index (χ1) is 7.40. The number of anilines is 2. The summed E-state index contributed by atoms with van der Waals surface area (Å²) in [4.78, 5) is 3.93. The van der Waals surface area contributed by atoms with Crippen molar-refractivity contribution in [3.63, 3.8) is 0 Å². The Morgan fingerprint density at radius 3 is 2.67 bits per heavy atom. The van der Waals surface area contributed by atoms with E-state index < -0.39 is 0 Å². The number of benzene rings is 1. The van der Waals surface area contributed by atoms with Crippen LogP contribution in [0.15, 0.2) is 48.8 Å². The van der Waals surface area contributed by atoms with Crippen molar-refractivity contribution in [3.8, 4) is 0 Å². The van der Waals surface area contributed by atoms with Crippen molar-refractivity contribution in [2.24, 2.45) is 0 Å². The van der Waals surface area contributed by atoms with Gasteiger partial charge >= 0.3 is 0 Å². The van der Waals surface area contributed by atoms with Crippen LogP contribution in [-0.4, -0.2) is 10.2 Å². The molecule has 4 nitrogen and oxygen atoms in total. The van der Waals surface area contributed by atoms with Crippen LogP contribution in [0, 0.1) is 0 Å². The van der Waals surface area contributed by atoms with Gasteiger partial charge in [0.05, 0.1) is 6.20 Å². The van der Waals surface area contributed by atoms with Gasteiger partial charge in [0.15, 0.2) is 0 Å². The van der Waals surface area contributed by atoms with Gasteiger partial charge in [0, 0.05) is 11.9 Å². The van der Waals surface area contributed by atoms with Gasteiger partial charge in [-0.05, 0) is 18.2 Å². The zero-order valence-electron chi connectivity index (χ0n) is 8.09. The number of para-hydroxylation sites is 1. The number of aromatic nitrogens is 1. The van der Waals surface area contributed by atoms with E-state index in [0.717, 1.165) is 16.9 Å². The average molecular weight is 202 g/mol. The SMILES string of the molecule is O[NH2+]c1cnccc1Nc1ccccc1. The van der Waals surface area contributed by atoms with Crippen LogP contribution in [0.2, 0.25) is 0 Å². The lowest BCUT2D eigenvalue weighted by molar-refractivity contribution is -0.825. The Labute approximate surface area is 87.6 Å². The fourth-order valence-corrected chi connectivity index (χ4v) is 1.30. The highest BCUT2D eigenvalue weighted by Gasteiger charge is 2.04. The van der Waals surface area contributed by atoms with Crippen LogP contribution < -0.4 is 10.8 Å². The molecule has 0 fully saturated rings. The molecule has 2 aromatic rings. The van der Waals surface area contributed by atoms with Crippen LogP contribution in [0.25, 0.3) is 0 Å². The number of nitrogens with zero attached hydrogens (tertiary/aromatic N) is 1. The summed E-state index contributed by atoms with van der Waals surface area (Å²) in [6.07, 6.45) is 3.28. The third-order valence-electron chi connectivity index (χ3n) is 2.04. The molecule has 0 spiro atoms. The van der Waals surface area contributed by atoms with Crippen molar-refractivity contribution in [2.45, 2.75) is 0 Å². The van der Waals surface area contributed by atoms with Gasteiger partial charge in [0.25, 0.3) is 0 Å². The first-order valence-electron chi connectivity index (χ1n) is 4.63. The molecular formula is C11H12N3O+. The normalized spacial score (nSPS) is 9.93. The van der Waals surface area contributed by atoms with Crippen molar-refractivity contribution in [1.82, 2.24) is 4.98 Å². The zero-order valence-corrected chi connectivity index (χ0v) is 8.09. The van der Waals surface area contributed by atoms with E-state index >= 15 is 0 Å². The summed E-state index contributed by atoms with van der Waals surface area (Å²) < 4.78 is 0. The van der Waals surface area contributed by atoms with E-state index in [1.807, 2.05) is 36.4 Å². The summed E-state index contributed by atoms with van der Waals surface area (Å²) in [5.41, 5.74) is 3.52. The number of hydrogen-bond acceptors (Lipinski definition) is 3. The van der Waals surface area contributed by atoms with E-state index in [1.54, 1.807) is 12.4 Å². The Balaban J connectivity index is 2.24. The smallest absolute Gasteiger partial charge is 0.203 e. The van der Waals surface area contributed by atoms with Crippen LogP contribution in [0.4, 0.5) is 17.1 Å². The molecule has 0 aliphatic carbocycles. The molecule has 0 aliphatic rings. The Morgan fingerprint density at radius 2 is 1.93 bits per heavy atom. The van der Waals surface area contributed by atoms with E-state index in [4.69, 9.17) is 5.21 Å². The van der Waals surface area contributed by atoms with Crippen LogP contribution in [0.5, 0.6) is 0 Å². The summed E-state index contributed by atoms with van der Waals surface area (Å²) in [5.74, 6) is 0. The van der Waals surface area contributed by atoms with Crippen LogP contribution in [-0.2, 0) is 0 Å². The number of rotatable bonds is 3. The van der Waals surface area contributed by atoms with Gasteiger partial charge in [-0.1, -0.05) is 18.2 Å². The minimum Gasteiger partial charge on any atom is -0.350 e. The highest BCUT2D eigenvalue weighted by atomic mass is 16.5. The van der Waals surface area contributed by atoms with Crippen LogP contribution in [0.3, 0.4) is 0 Å². The molecule has 0 saturated heterocycles. The first-order valence-corrected chi connectivity index (χ1v) is 4.63. The minimum absolute atomic E-state index is 0.668. The summed E-state index contributed by atoms with van der Waals surface area (Å²) in [7, 11) is 0. The van der Waals surface area contributed by atoms with E-state index in [9.17, 15) is 0 Å². The summed E-state index contributed by atoms with van der Waals surface area (Å²) in [6, 6.07) is 11.6. The predicted octanol–water partition coefficient (Wildman–Crippen LogP) is 1.41. The molecule has 0 unspecified atom stereocenters. The van der Waals surface area contributed by atoms with Crippen molar-refractivity contribution in [1.29, 1.82) is 0 Å². The molecule has 0 amide bonds. The van der Waals surface area contributed by atoms with Crippen molar-refractivity contribution in [3.05, 3.63) is 48.8 Å². The van der Waals surface area contributed by atoms with Crippen LogP contribution in [0.1, 0.15) is 0 Å². The van der Waals surface area contributed by atoms with Crippen LogP contribution >= 0.6 is 0 Å². The molecule has 0 saturated carbocycles. The molecule has 1 aromatic heterocycles. The molecule has 0 atom stereocenters. The maximum Gasteiger partial charge on any atom is 0.203 e. The Hall–Kier alpha value is -1.91. The standard InChI is InChI=1S/C11H11N3O/c15-14-11-8-12-7-6-10(11)13-9-4-2-1-3-5-9/h1-8,14-15H,(H,12,13)/p+1. The molecule has 76 valence electrons. The zero-order chi connectivity index (χ0) is 10.5. The third-order valence-corrected chi connectivity index (χ3v) is 2.04. The van der Waals surface area contributed by atoms with Gasteiger partial charge in [-0.15, -0.1) is 0 Å². The van der Waals surface area contributed by atoms with Crippen molar-refractivity contribution >= 4 is 17.1 Å². The molecular weight excluding hydrogens is 190 g/mol. The van der Waals surface area contributed by atoms with Crippen molar-refractivity contribution in [2.75, 3.05) is 5.32 Å². The second kappa shape index (κ2) is 4.54. The lowest BCUT2D eigenvalue weighted by atomic mass is 10.3. The Kier molecular flexibility index (Phi) is 2.92. The lowest BCUT2D eigenvalue weighted by Gasteiger charge is -2.06. The summed E-state index contributed by atoms with van der Waals surface area (Å²) in [5, 5.41) is 12.2. The van der Waals surface area contributed by atoms with Gasteiger partial charge in [-0.3, -0.25) is 4.98 Å². The number of pyridine rings is 1. The van der Waals surface area contributed by atoms with Crippen molar-refractivity contribution < 1.29 is 10.7 Å². The van der Waals surface area contributed by atoms with E-state index in [0.29, 0.717) is 5.69 Å². The monoisotopic (exact) mass is 202 g/mol. The van der Waals surface area contributed by atoms with E-state index in [1.165, 1.54) is 0 Å². The highest BCUT2D eigenvalue weighted by molar-refractivity contribution is 5.67. The molecule has 0 aliphatic heterocycles. The molecule has 0 bridgehead atoms. The molecule has 2 rings (SSSR count). The van der Waals surface area contributed by atoms with Gasteiger partial charge in [-0.25, -0.2) is 5.21 Å². The molecule has 4 heteroatoms. The third kappa shape index (κ3) is 2.31. The second-order valence-electron chi connectivity index (χ2n) is 3.08. The van der Waals surface area contributed by atoms with Gasteiger partial charge in [0.1, 0.15) is 5.69 Å². The Morgan fingerprint density at radius 1 is 1.13 bits per heavy atom. The van der Waals surface area contributed by atoms with Gasteiger partial charge in [-0.2, -0.15) is 5.48 Å². The van der Waals surface area contributed by atoms with E-state index in [2.05, 4.69) is 10.3 Å². The Bertz CT molecular complexity index is 431. The molecule has 0 radical (unpaired) electrons. The predicted molar refractivity (Wildman–Crippen MR) is 57.3 cm³/mol. The second-order valence-corrected chi connectivity index (χ2v) is 3.08. The number of hydrogen-bond donors (Lipinski definition) is 3. The molecule has 1 aromatic carbocycles. The maximum atomic E-state index is 8.99. The number of nitrogens with two attached hydrogens (primary N) is 1. The first kappa shape index (κ1) is 9.64. The summed E-state index contributed by atoms with van der Waals surface area (Å²) in [6.45, 7) is 0. The number of nitrogens with one attached hydrogen (secondary N) is 1. The topological polar surface area (TPSA) is 61.8 Å². The average Bonchev–Trinajstić information content (AvgIpc) is 2.31. The molecule has 15 heavy (non-hydrogen) atoms. The van der Waals surface area contributed by atoms with E-state index in [-0.39, 0.29) is 0 Å². The largest absolute Gasteiger partial charge is 0.350 e. The minimum atomic E-state index is 0.668.